The van der Waals surface area contributed by atoms with E-state index < -0.39 is 0 Å². The van der Waals surface area contributed by atoms with Gasteiger partial charge in [-0.2, -0.15) is 0 Å². The van der Waals surface area contributed by atoms with E-state index in [1.807, 2.05) is 0 Å². The van der Waals surface area contributed by atoms with E-state index >= 15 is 0 Å². The lowest BCUT2D eigenvalue weighted by Gasteiger charge is -2.28. The Balaban J connectivity index is 1.61. The number of rotatable bonds is 3. The van der Waals surface area contributed by atoms with Crippen LogP contribution in [0.2, 0.25) is 0 Å². The Morgan fingerprint density at radius 1 is 1.21 bits per heavy atom. The Hall–Kier alpha value is -0.120. The molecule has 0 aromatic rings. The van der Waals surface area contributed by atoms with Gasteiger partial charge in [0.1, 0.15) is 0 Å². The first-order chi connectivity index (χ1) is 6.84. The van der Waals surface area contributed by atoms with Crippen LogP contribution < -0.4 is 5.32 Å². The first kappa shape index (κ1) is 10.4. The van der Waals surface area contributed by atoms with Crippen LogP contribution in [0.5, 0.6) is 0 Å². The Morgan fingerprint density at radius 2 is 2.00 bits per heavy atom. The van der Waals surface area contributed by atoms with Gasteiger partial charge in [-0.1, -0.05) is 0 Å². The van der Waals surface area contributed by atoms with Crippen molar-refractivity contribution in [3.63, 3.8) is 0 Å². The van der Waals surface area contributed by atoms with Crippen molar-refractivity contribution in [3.05, 3.63) is 0 Å². The second kappa shape index (κ2) is 5.10. The molecule has 0 amide bonds. The lowest BCUT2D eigenvalue weighted by Crippen LogP contribution is -2.44. The van der Waals surface area contributed by atoms with Gasteiger partial charge in [-0.3, -0.25) is 0 Å². The fourth-order valence-corrected chi connectivity index (χ4v) is 2.56. The van der Waals surface area contributed by atoms with Gasteiger partial charge in [0, 0.05) is 32.7 Å². The lowest BCUT2D eigenvalue weighted by atomic mass is 10.0. The summed E-state index contributed by atoms with van der Waals surface area (Å²) in [5.74, 6) is 0.967. The summed E-state index contributed by atoms with van der Waals surface area (Å²) in [7, 11) is 2.24. The summed E-state index contributed by atoms with van der Waals surface area (Å²) in [5, 5.41) is 3.40. The topological polar surface area (TPSA) is 18.5 Å². The van der Waals surface area contributed by atoms with Crippen molar-refractivity contribution >= 4 is 0 Å². The maximum absolute atomic E-state index is 3.40. The van der Waals surface area contributed by atoms with E-state index in [1.165, 1.54) is 58.7 Å². The zero-order valence-electron chi connectivity index (χ0n) is 9.34. The van der Waals surface area contributed by atoms with Gasteiger partial charge < -0.3 is 15.1 Å². The fourth-order valence-electron chi connectivity index (χ4n) is 2.56. The quantitative estimate of drug-likeness (QED) is 0.699. The van der Waals surface area contributed by atoms with Crippen molar-refractivity contribution in [2.75, 3.05) is 52.9 Å². The van der Waals surface area contributed by atoms with Crippen LogP contribution in [0.25, 0.3) is 0 Å². The predicted molar refractivity (Wildman–Crippen MR) is 59.5 cm³/mol. The molecule has 2 rings (SSSR count). The van der Waals surface area contributed by atoms with Gasteiger partial charge in [-0.25, -0.2) is 0 Å². The molecule has 0 saturated carbocycles. The molecule has 2 aliphatic rings. The van der Waals surface area contributed by atoms with E-state index in [2.05, 4.69) is 22.2 Å². The summed E-state index contributed by atoms with van der Waals surface area (Å²) in [6.45, 7) is 8.83. The zero-order chi connectivity index (χ0) is 9.80. The number of likely N-dealkylation sites (tertiary alicyclic amines) is 1. The van der Waals surface area contributed by atoms with Gasteiger partial charge in [0.05, 0.1) is 0 Å². The van der Waals surface area contributed by atoms with Crippen LogP contribution in [0.4, 0.5) is 0 Å². The van der Waals surface area contributed by atoms with Crippen LogP contribution in [0.3, 0.4) is 0 Å². The average Bonchev–Trinajstić information content (AvgIpc) is 2.63. The first-order valence-electron chi connectivity index (χ1n) is 5.96. The van der Waals surface area contributed by atoms with E-state index in [-0.39, 0.29) is 0 Å². The van der Waals surface area contributed by atoms with Gasteiger partial charge in [0.15, 0.2) is 0 Å². The largest absolute Gasteiger partial charge is 0.314 e. The summed E-state index contributed by atoms with van der Waals surface area (Å²) in [5.41, 5.74) is 0. The summed E-state index contributed by atoms with van der Waals surface area (Å²) in [6.07, 6.45) is 2.83. The van der Waals surface area contributed by atoms with Gasteiger partial charge in [-0.15, -0.1) is 0 Å². The fraction of sp³-hybridized carbons (Fsp3) is 1.00. The minimum Gasteiger partial charge on any atom is -0.314 e. The van der Waals surface area contributed by atoms with Gasteiger partial charge >= 0.3 is 0 Å². The molecule has 2 saturated heterocycles. The van der Waals surface area contributed by atoms with Crippen LogP contribution in [0.1, 0.15) is 12.8 Å². The minimum atomic E-state index is 0.967. The summed E-state index contributed by atoms with van der Waals surface area (Å²) in [6, 6.07) is 0. The van der Waals surface area contributed by atoms with E-state index in [0.717, 1.165) is 5.92 Å². The molecule has 82 valence electrons. The van der Waals surface area contributed by atoms with E-state index in [4.69, 9.17) is 0 Å². The first-order valence-corrected chi connectivity index (χ1v) is 5.96. The van der Waals surface area contributed by atoms with Crippen LogP contribution in [0.15, 0.2) is 0 Å². The summed E-state index contributed by atoms with van der Waals surface area (Å²) < 4.78 is 0. The number of hydrogen-bond acceptors (Lipinski definition) is 3. The molecule has 0 bridgehead atoms. The Kier molecular flexibility index (Phi) is 3.79. The Bertz CT molecular complexity index is 161. The summed E-state index contributed by atoms with van der Waals surface area (Å²) >= 11 is 0. The van der Waals surface area contributed by atoms with Crippen molar-refractivity contribution in [2.45, 2.75) is 12.8 Å². The Morgan fingerprint density at radius 3 is 2.64 bits per heavy atom. The van der Waals surface area contributed by atoms with Gasteiger partial charge in [0.2, 0.25) is 0 Å². The molecule has 2 aliphatic heterocycles. The predicted octanol–water partition coefficient (Wildman–Crippen LogP) is 0.233. The normalized spacial score (nSPS) is 31.1. The molecule has 2 fully saturated rings. The molecule has 0 aliphatic carbocycles. The highest BCUT2D eigenvalue weighted by molar-refractivity contribution is 4.75. The van der Waals surface area contributed by atoms with E-state index in [0.29, 0.717) is 0 Å². The second-order valence-electron chi connectivity index (χ2n) is 4.80. The zero-order valence-corrected chi connectivity index (χ0v) is 9.34. The van der Waals surface area contributed by atoms with Gasteiger partial charge in [0.25, 0.3) is 0 Å². The average molecular weight is 197 g/mol. The molecule has 0 aromatic heterocycles. The number of piperazine rings is 1. The minimum absolute atomic E-state index is 0.967. The molecule has 1 N–H and O–H groups in total. The summed E-state index contributed by atoms with van der Waals surface area (Å²) in [4.78, 5) is 5.07. The second-order valence-corrected chi connectivity index (χ2v) is 4.80. The van der Waals surface area contributed by atoms with Crippen LogP contribution in [-0.2, 0) is 0 Å². The highest BCUT2D eigenvalue weighted by Crippen LogP contribution is 2.18. The molecule has 3 nitrogen and oxygen atoms in total. The van der Waals surface area contributed by atoms with Crippen molar-refractivity contribution in [1.29, 1.82) is 0 Å². The maximum Gasteiger partial charge on any atom is 0.0107 e. The number of nitrogens with zero attached hydrogens (tertiary/aromatic N) is 2. The third-order valence-corrected chi connectivity index (χ3v) is 3.55. The van der Waals surface area contributed by atoms with Crippen molar-refractivity contribution in [3.8, 4) is 0 Å². The van der Waals surface area contributed by atoms with E-state index in [1.54, 1.807) is 0 Å². The maximum atomic E-state index is 3.40. The highest BCUT2D eigenvalue weighted by Gasteiger charge is 2.20. The smallest absolute Gasteiger partial charge is 0.0107 e. The number of hydrogen-bond donors (Lipinski definition) is 1. The Labute approximate surface area is 87.4 Å². The molecule has 2 heterocycles. The molecular weight excluding hydrogens is 174 g/mol. The highest BCUT2D eigenvalue weighted by atomic mass is 15.2. The van der Waals surface area contributed by atoms with E-state index in [9.17, 15) is 0 Å². The third kappa shape index (κ3) is 2.94. The molecular formula is C11H23N3. The lowest BCUT2D eigenvalue weighted by molar-refractivity contribution is 0.224. The van der Waals surface area contributed by atoms with Crippen LogP contribution in [-0.4, -0.2) is 62.7 Å². The molecule has 0 spiro atoms. The molecule has 3 heteroatoms. The molecule has 1 unspecified atom stereocenters. The molecule has 1 atom stereocenters. The molecule has 14 heavy (non-hydrogen) atoms. The van der Waals surface area contributed by atoms with Gasteiger partial charge in [-0.05, 0) is 38.9 Å². The number of nitrogens with one attached hydrogen (secondary N) is 1. The van der Waals surface area contributed by atoms with Crippen LogP contribution in [0, 0.1) is 5.92 Å². The molecule has 0 radical (unpaired) electrons. The van der Waals surface area contributed by atoms with Crippen molar-refractivity contribution < 1.29 is 0 Å². The SMILES string of the molecule is CN1CCC(CCN2CCNCC2)C1. The van der Waals surface area contributed by atoms with Crippen LogP contribution >= 0.6 is 0 Å². The van der Waals surface area contributed by atoms with Crippen molar-refractivity contribution in [2.24, 2.45) is 5.92 Å². The third-order valence-electron chi connectivity index (χ3n) is 3.55. The van der Waals surface area contributed by atoms with Crippen molar-refractivity contribution in [1.82, 2.24) is 15.1 Å². The standard InChI is InChI=1S/C11H23N3/c1-13-6-2-11(10-13)3-7-14-8-4-12-5-9-14/h11-12H,2-10H2,1H3. The molecule has 0 aromatic carbocycles. The monoisotopic (exact) mass is 197 g/mol.